The minimum Gasteiger partial charge on any atom is -0.390 e. The molecule has 24 heavy (non-hydrogen) atoms. The van der Waals surface area contributed by atoms with E-state index in [0.717, 1.165) is 0 Å². The summed E-state index contributed by atoms with van der Waals surface area (Å²) in [7, 11) is 3.25. The van der Waals surface area contributed by atoms with Gasteiger partial charge in [0, 0.05) is 20.1 Å². The normalized spacial score (nSPS) is 24.2. The molecule has 0 saturated heterocycles. The van der Waals surface area contributed by atoms with Crippen molar-refractivity contribution in [3.05, 3.63) is 27.6 Å². The molecule has 0 spiro atoms. The lowest BCUT2D eigenvalue weighted by molar-refractivity contribution is -0.140. The first-order chi connectivity index (χ1) is 11.5. The molecule has 8 heteroatoms. The standard InChI is InChI=1S/C16H21N3O4S/c1-19(16(22)9-3-4-11(20)12(7-9)23-2)8-13-17-10-5-6-24-14(10)15(21)18-13/h5-6,9,11-12,20H,3-4,7-8H2,1-2H3,(H,17,18,21)/t9-,11+,12-/m1/s1. The van der Waals surface area contributed by atoms with Gasteiger partial charge in [0.15, 0.2) is 0 Å². The third-order valence-corrected chi connectivity index (χ3v) is 5.44. The van der Waals surface area contributed by atoms with Gasteiger partial charge in [-0.05, 0) is 30.7 Å². The van der Waals surface area contributed by atoms with Gasteiger partial charge in [0.25, 0.3) is 5.56 Å². The minimum absolute atomic E-state index is 0.0167. The van der Waals surface area contributed by atoms with Gasteiger partial charge in [0.1, 0.15) is 10.5 Å². The second-order valence-corrected chi connectivity index (χ2v) is 7.11. The molecule has 1 fully saturated rings. The quantitative estimate of drug-likeness (QED) is 0.861. The summed E-state index contributed by atoms with van der Waals surface area (Å²) in [5.74, 6) is 0.276. The van der Waals surface area contributed by atoms with Crippen molar-refractivity contribution in [2.45, 2.75) is 38.0 Å². The fraction of sp³-hybridized carbons (Fsp3) is 0.562. The fourth-order valence-electron chi connectivity index (χ4n) is 3.20. The van der Waals surface area contributed by atoms with Crippen LogP contribution in [0.2, 0.25) is 0 Å². The first-order valence-electron chi connectivity index (χ1n) is 7.92. The number of hydrogen-bond donors (Lipinski definition) is 2. The first-order valence-corrected chi connectivity index (χ1v) is 8.79. The average molecular weight is 351 g/mol. The molecule has 1 aliphatic carbocycles. The zero-order valence-corrected chi connectivity index (χ0v) is 14.5. The topological polar surface area (TPSA) is 95.5 Å². The fourth-order valence-corrected chi connectivity index (χ4v) is 3.93. The number of ether oxygens (including phenoxy) is 1. The van der Waals surface area contributed by atoms with Crippen molar-refractivity contribution >= 4 is 27.5 Å². The third-order valence-electron chi connectivity index (χ3n) is 4.54. The Morgan fingerprint density at radius 1 is 1.54 bits per heavy atom. The molecule has 3 atom stereocenters. The number of fused-ring (bicyclic) bond motifs is 1. The predicted molar refractivity (Wildman–Crippen MR) is 90.9 cm³/mol. The summed E-state index contributed by atoms with van der Waals surface area (Å²) in [6.07, 6.45) is 0.884. The molecule has 2 aromatic rings. The number of methoxy groups -OCH3 is 1. The van der Waals surface area contributed by atoms with Crippen LogP contribution in [0, 0.1) is 5.92 Å². The molecule has 3 rings (SSSR count). The van der Waals surface area contributed by atoms with Crippen LogP contribution in [0.25, 0.3) is 10.2 Å². The maximum absolute atomic E-state index is 12.6. The summed E-state index contributed by atoms with van der Waals surface area (Å²) in [4.78, 5) is 33.4. The number of H-pyrrole nitrogens is 1. The highest BCUT2D eigenvalue weighted by molar-refractivity contribution is 7.17. The Hall–Kier alpha value is -1.77. The van der Waals surface area contributed by atoms with Crippen molar-refractivity contribution < 1.29 is 14.6 Å². The number of rotatable bonds is 4. The van der Waals surface area contributed by atoms with E-state index < -0.39 is 6.10 Å². The number of thiophene rings is 1. The van der Waals surface area contributed by atoms with E-state index in [4.69, 9.17) is 4.74 Å². The van der Waals surface area contributed by atoms with E-state index >= 15 is 0 Å². The largest absolute Gasteiger partial charge is 0.390 e. The summed E-state index contributed by atoms with van der Waals surface area (Å²) >= 11 is 1.35. The van der Waals surface area contributed by atoms with Crippen LogP contribution in [-0.2, 0) is 16.1 Å². The number of carbonyl (C=O) groups is 1. The maximum atomic E-state index is 12.6. The molecule has 1 amide bonds. The summed E-state index contributed by atoms with van der Waals surface area (Å²) in [6.45, 7) is 0.247. The van der Waals surface area contributed by atoms with Crippen LogP contribution < -0.4 is 5.56 Å². The summed E-state index contributed by atoms with van der Waals surface area (Å²) in [6, 6.07) is 1.80. The van der Waals surface area contributed by atoms with E-state index in [9.17, 15) is 14.7 Å². The lowest BCUT2D eigenvalue weighted by Gasteiger charge is -2.33. The maximum Gasteiger partial charge on any atom is 0.268 e. The van der Waals surface area contributed by atoms with Crippen molar-refractivity contribution in [2.24, 2.45) is 5.92 Å². The monoisotopic (exact) mass is 351 g/mol. The second kappa shape index (κ2) is 7.00. The molecule has 2 aromatic heterocycles. The predicted octanol–water partition coefficient (Wildman–Crippen LogP) is 1.12. The molecule has 1 saturated carbocycles. The number of aromatic nitrogens is 2. The lowest BCUT2D eigenvalue weighted by atomic mass is 9.84. The van der Waals surface area contributed by atoms with E-state index in [1.54, 1.807) is 25.1 Å². The number of carbonyl (C=O) groups excluding carboxylic acids is 1. The van der Waals surface area contributed by atoms with Crippen LogP contribution in [0.4, 0.5) is 0 Å². The zero-order valence-electron chi connectivity index (χ0n) is 13.7. The molecule has 7 nitrogen and oxygen atoms in total. The highest BCUT2D eigenvalue weighted by atomic mass is 32.1. The number of aliphatic hydroxyl groups excluding tert-OH is 1. The summed E-state index contributed by atoms with van der Waals surface area (Å²) in [5.41, 5.74) is 0.478. The highest BCUT2D eigenvalue weighted by Crippen LogP contribution is 2.28. The SMILES string of the molecule is CO[C@@H]1C[C@H](C(=O)N(C)Cc2nc3ccsc3c(=O)[nH]2)CC[C@@H]1O. The van der Waals surface area contributed by atoms with Crippen molar-refractivity contribution in [3.63, 3.8) is 0 Å². The van der Waals surface area contributed by atoms with Gasteiger partial charge in [-0.15, -0.1) is 11.3 Å². The summed E-state index contributed by atoms with van der Waals surface area (Å²) < 4.78 is 5.85. The smallest absolute Gasteiger partial charge is 0.268 e. The third kappa shape index (κ3) is 3.35. The summed E-state index contributed by atoms with van der Waals surface area (Å²) in [5, 5.41) is 11.7. The molecule has 1 aliphatic rings. The number of hydrogen-bond acceptors (Lipinski definition) is 6. The van der Waals surface area contributed by atoms with Crippen LogP contribution in [0.1, 0.15) is 25.1 Å². The molecule has 0 aromatic carbocycles. The Bertz CT molecular complexity index is 787. The molecule has 0 aliphatic heterocycles. The molecule has 0 radical (unpaired) electrons. The van der Waals surface area contributed by atoms with Gasteiger partial charge in [0.2, 0.25) is 5.91 Å². The van der Waals surface area contributed by atoms with Gasteiger partial charge in [-0.1, -0.05) is 0 Å². The first kappa shape index (κ1) is 17.1. The zero-order chi connectivity index (χ0) is 17.3. The molecule has 2 heterocycles. The van der Waals surface area contributed by atoms with Gasteiger partial charge < -0.3 is 19.7 Å². The van der Waals surface area contributed by atoms with Crippen molar-refractivity contribution in [1.29, 1.82) is 0 Å². The van der Waals surface area contributed by atoms with Crippen molar-refractivity contribution in [1.82, 2.24) is 14.9 Å². The molecule has 0 bridgehead atoms. The van der Waals surface area contributed by atoms with Crippen LogP contribution in [-0.4, -0.2) is 52.2 Å². The Kier molecular flexibility index (Phi) is 4.98. The van der Waals surface area contributed by atoms with Crippen LogP contribution in [0.5, 0.6) is 0 Å². The van der Waals surface area contributed by atoms with Crippen LogP contribution >= 0.6 is 11.3 Å². The van der Waals surface area contributed by atoms with Gasteiger partial charge >= 0.3 is 0 Å². The average Bonchev–Trinajstić information content (AvgIpc) is 3.03. The molecular formula is C16H21N3O4S. The number of nitrogens with one attached hydrogen (secondary N) is 1. The Morgan fingerprint density at radius 3 is 3.08 bits per heavy atom. The molecule has 130 valence electrons. The van der Waals surface area contributed by atoms with E-state index in [1.807, 2.05) is 5.38 Å². The van der Waals surface area contributed by atoms with Gasteiger partial charge in [-0.2, -0.15) is 0 Å². The Labute approximate surface area is 143 Å². The van der Waals surface area contributed by atoms with Crippen LogP contribution in [0.15, 0.2) is 16.2 Å². The van der Waals surface area contributed by atoms with Crippen molar-refractivity contribution in [3.8, 4) is 0 Å². The second-order valence-electron chi connectivity index (χ2n) is 6.19. The van der Waals surface area contributed by atoms with Gasteiger partial charge in [0.05, 0.1) is 24.3 Å². The van der Waals surface area contributed by atoms with E-state index in [-0.39, 0.29) is 30.0 Å². The molecule has 2 N–H and O–H groups in total. The Morgan fingerprint density at radius 2 is 2.33 bits per heavy atom. The van der Waals surface area contributed by atoms with E-state index in [1.165, 1.54) is 11.3 Å². The van der Waals surface area contributed by atoms with Crippen LogP contribution in [0.3, 0.4) is 0 Å². The van der Waals surface area contributed by atoms with Crippen molar-refractivity contribution in [2.75, 3.05) is 14.2 Å². The molecular weight excluding hydrogens is 330 g/mol. The highest BCUT2D eigenvalue weighted by Gasteiger charge is 2.34. The number of aliphatic hydroxyl groups is 1. The van der Waals surface area contributed by atoms with Gasteiger partial charge in [-0.25, -0.2) is 4.98 Å². The number of nitrogens with zero attached hydrogens (tertiary/aromatic N) is 2. The lowest BCUT2D eigenvalue weighted by Crippen LogP contribution is -2.42. The van der Waals surface area contributed by atoms with Gasteiger partial charge in [-0.3, -0.25) is 9.59 Å². The number of amides is 1. The minimum atomic E-state index is -0.511. The van der Waals surface area contributed by atoms with E-state index in [0.29, 0.717) is 35.3 Å². The number of aromatic amines is 1. The molecule has 0 unspecified atom stereocenters. The van der Waals surface area contributed by atoms with E-state index in [2.05, 4.69) is 9.97 Å². The Balaban J connectivity index is 1.70.